The van der Waals surface area contributed by atoms with Gasteiger partial charge in [-0.1, -0.05) is 28.1 Å². The van der Waals surface area contributed by atoms with Crippen molar-refractivity contribution in [3.05, 3.63) is 67.7 Å². The number of halogens is 3. The Morgan fingerprint density at radius 3 is 2.62 bits per heavy atom. The summed E-state index contributed by atoms with van der Waals surface area (Å²) in [5.74, 6) is -1.98. The van der Waals surface area contributed by atoms with Crippen LogP contribution in [-0.2, 0) is 6.54 Å². The molecule has 1 N–H and O–H groups in total. The quantitative estimate of drug-likeness (QED) is 0.645. The Hall–Kier alpha value is -2.02. The van der Waals surface area contributed by atoms with Gasteiger partial charge in [-0.15, -0.1) is 0 Å². The lowest BCUT2D eigenvalue weighted by Crippen LogP contribution is -2.06. The molecule has 2 aromatic rings. The summed E-state index contributed by atoms with van der Waals surface area (Å²) in [6.07, 6.45) is 0. The van der Waals surface area contributed by atoms with Gasteiger partial charge in [0.25, 0.3) is 5.69 Å². The summed E-state index contributed by atoms with van der Waals surface area (Å²) < 4.78 is 27.6. The summed E-state index contributed by atoms with van der Waals surface area (Å²) in [6.45, 7) is 2.09. The van der Waals surface area contributed by atoms with Gasteiger partial charge in [-0.25, -0.2) is 8.78 Å². The first kappa shape index (κ1) is 15.4. The van der Waals surface area contributed by atoms with Gasteiger partial charge in [0.05, 0.1) is 11.0 Å². The number of benzene rings is 2. The molecule has 2 rings (SSSR count). The predicted octanol–water partition coefficient (Wildman–Crippen LogP) is 4.56. The second-order valence-corrected chi connectivity index (χ2v) is 5.34. The van der Waals surface area contributed by atoms with Gasteiger partial charge in [0, 0.05) is 17.1 Å². The molecule has 0 spiro atoms. The highest BCUT2D eigenvalue weighted by Crippen LogP contribution is 2.29. The minimum absolute atomic E-state index is 0.171. The Morgan fingerprint density at radius 2 is 2.00 bits per heavy atom. The molecule has 4 nitrogen and oxygen atoms in total. The van der Waals surface area contributed by atoms with Crippen molar-refractivity contribution < 1.29 is 13.7 Å². The van der Waals surface area contributed by atoms with Gasteiger partial charge < -0.3 is 5.32 Å². The van der Waals surface area contributed by atoms with E-state index in [1.165, 1.54) is 0 Å². The number of nitrogens with one attached hydrogen (secondary N) is 1. The monoisotopic (exact) mass is 356 g/mol. The average Bonchev–Trinajstić information content (AvgIpc) is 2.38. The third kappa shape index (κ3) is 3.55. The molecular weight excluding hydrogens is 346 g/mol. The fraction of sp³-hybridized carbons (Fsp3) is 0.143. The van der Waals surface area contributed by atoms with Gasteiger partial charge >= 0.3 is 0 Å². The largest absolute Gasteiger partial charge is 0.373 e. The molecule has 0 unspecified atom stereocenters. The van der Waals surface area contributed by atoms with Crippen molar-refractivity contribution in [1.82, 2.24) is 0 Å². The minimum Gasteiger partial charge on any atom is -0.373 e. The first-order valence-electron chi connectivity index (χ1n) is 6.01. The molecule has 0 heterocycles. The van der Waals surface area contributed by atoms with Crippen LogP contribution in [0.15, 0.2) is 34.8 Å². The molecule has 0 saturated heterocycles. The predicted molar refractivity (Wildman–Crippen MR) is 79.2 cm³/mol. The molecule has 2 aromatic carbocycles. The highest BCUT2D eigenvalue weighted by molar-refractivity contribution is 9.10. The van der Waals surface area contributed by atoms with Crippen LogP contribution < -0.4 is 5.32 Å². The molecular formula is C14H11BrF2N2O2. The minimum atomic E-state index is -0.995. The maximum absolute atomic E-state index is 13.7. The Morgan fingerprint density at radius 1 is 1.29 bits per heavy atom. The molecule has 21 heavy (non-hydrogen) atoms. The van der Waals surface area contributed by atoms with E-state index in [2.05, 4.69) is 21.2 Å². The topological polar surface area (TPSA) is 55.2 Å². The standard InChI is InChI=1S/C14H11BrF2N2O2/c1-8-2-3-9(11(15)4-8)7-18-14-12(17)5-10(16)6-13(14)19(20)21/h2-6,18H,7H2,1H3. The molecule has 0 aromatic heterocycles. The van der Waals surface area contributed by atoms with Gasteiger partial charge in [0.15, 0.2) is 5.82 Å². The van der Waals surface area contributed by atoms with Gasteiger partial charge in [-0.3, -0.25) is 10.1 Å². The van der Waals surface area contributed by atoms with Gasteiger partial charge in [-0.2, -0.15) is 0 Å². The average molecular weight is 357 g/mol. The van der Waals surface area contributed by atoms with Crippen molar-refractivity contribution in [2.45, 2.75) is 13.5 Å². The number of hydrogen-bond acceptors (Lipinski definition) is 3. The third-order valence-electron chi connectivity index (χ3n) is 2.90. The molecule has 0 aliphatic carbocycles. The summed E-state index contributed by atoms with van der Waals surface area (Å²) in [6, 6.07) is 6.87. The maximum atomic E-state index is 13.7. The summed E-state index contributed by atoms with van der Waals surface area (Å²) >= 11 is 3.37. The van der Waals surface area contributed by atoms with Crippen molar-refractivity contribution in [3.8, 4) is 0 Å². The van der Waals surface area contributed by atoms with Crippen molar-refractivity contribution in [2.75, 3.05) is 5.32 Å². The number of nitro groups is 1. The van der Waals surface area contributed by atoms with E-state index in [1.54, 1.807) is 0 Å². The molecule has 0 aliphatic rings. The van der Waals surface area contributed by atoms with E-state index < -0.39 is 22.2 Å². The normalized spacial score (nSPS) is 10.5. The molecule has 0 bridgehead atoms. The van der Waals surface area contributed by atoms with E-state index >= 15 is 0 Å². The van der Waals surface area contributed by atoms with Crippen LogP contribution in [0.4, 0.5) is 20.2 Å². The van der Waals surface area contributed by atoms with Crippen LogP contribution in [0.1, 0.15) is 11.1 Å². The Labute approximate surface area is 128 Å². The summed E-state index contributed by atoms with van der Waals surface area (Å²) in [5.41, 5.74) is 0.896. The smallest absolute Gasteiger partial charge is 0.298 e. The molecule has 0 saturated carbocycles. The number of nitro benzene ring substituents is 1. The Kier molecular flexibility index (Phi) is 4.52. The summed E-state index contributed by atoms with van der Waals surface area (Å²) in [5, 5.41) is 13.5. The number of aryl methyl sites for hydroxylation is 1. The van der Waals surface area contributed by atoms with Gasteiger partial charge in [-0.05, 0) is 24.1 Å². The van der Waals surface area contributed by atoms with Crippen LogP contribution in [-0.4, -0.2) is 4.92 Å². The second-order valence-electron chi connectivity index (χ2n) is 4.49. The lowest BCUT2D eigenvalue weighted by Gasteiger charge is -2.10. The van der Waals surface area contributed by atoms with Crippen molar-refractivity contribution in [3.63, 3.8) is 0 Å². The van der Waals surface area contributed by atoms with Crippen molar-refractivity contribution in [2.24, 2.45) is 0 Å². The van der Waals surface area contributed by atoms with E-state index in [-0.39, 0.29) is 12.2 Å². The maximum Gasteiger partial charge on any atom is 0.298 e. The number of anilines is 1. The lowest BCUT2D eigenvalue weighted by molar-refractivity contribution is -0.384. The van der Waals surface area contributed by atoms with Gasteiger partial charge in [0.2, 0.25) is 0 Å². The van der Waals surface area contributed by atoms with E-state index in [1.807, 2.05) is 25.1 Å². The van der Waals surface area contributed by atoms with Crippen LogP contribution >= 0.6 is 15.9 Å². The highest BCUT2D eigenvalue weighted by Gasteiger charge is 2.20. The zero-order valence-corrected chi connectivity index (χ0v) is 12.6. The molecule has 0 atom stereocenters. The van der Waals surface area contributed by atoms with Crippen LogP contribution in [0.3, 0.4) is 0 Å². The van der Waals surface area contributed by atoms with Crippen LogP contribution in [0.2, 0.25) is 0 Å². The lowest BCUT2D eigenvalue weighted by atomic mass is 10.1. The van der Waals surface area contributed by atoms with Crippen LogP contribution in [0.25, 0.3) is 0 Å². The number of nitrogens with zero attached hydrogens (tertiary/aromatic N) is 1. The van der Waals surface area contributed by atoms with Crippen molar-refractivity contribution >= 4 is 27.3 Å². The number of rotatable bonds is 4. The third-order valence-corrected chi connectivity index (χ3v) is 3.63. The molecule has 0 radical (unpaired) electrons. The fourth-order valence-electron chi connectivity index (χ4n) is 1.86. The summed E-state index contributed by atoms with van der Waals surface area (Å²) in [7, 11) is 0. The summed E-state index contributed by atoms with van der Waals surface area (Å²) in [4.78, 5) is 10.1. The van der Waals surface area contributed by atoms with E-state index in [4.69, 9.17) is 0 Å². The Balaban J connectivity index is 2.29. The van der Waals surface area contributed by atoms with E-state index in [0.29, 0.717) is 12.1 Å². The molecule has 0 amide bonds. The van der Waals surface area contributed by atoms with E-state index in [9.17, 15) is 18.9 Å². The Bertz CT molecular complexity index is 708. The molecule has 7 heteroatoms. The van der Waals surface area contributed by atoms with Crippen LogP contribution in [0.5, 0.6) is 0 Å². The zero-order valence-electron chi connectivity index (χ0n) is 11.0. The molecule has 110 valence electrons. The second kappa shape index (κ2) is 6.17. The molecule has 0 aliphatic heterocycles. The number of hydrogen-bond donors (Lipinski definition) is 1. The highest BCUT2D eigenvalue weighted by atomic mass is 79.9. The van der Waals surface area contributed by atoms with Crippen molar-refractivity contribution in [1.29, 1.82) is 0 Å². The molecule has 0 fully saturated rings. The zero-order chi connectivity index (χ0) is 15.6. The van der Waals surface area contributed by atoms with E-state index in [0.717, 1.165) is 15.6 Å². The SMILES string of the molecule is Cc1ccc(CNc2c(F)cc(F)cc2[N+](=O)[O-])c(Br)c1. The first-order chi connectivity index (χ1) is 9.88. The van der Waals surface area contributed by atoms with Crippen LogP contribution in [0, 0.1) is 28.7 Å². The fourth-order valence-corrected chi connectivity index (χ4v) is 2.49. The first-order valence-corrected chi connectivity index (χ1v) is 6.80. The van der Waals surface area contributed by atoms with Gasteiger partial charge in [0.1, 0.15) is 11.5 Å².